The Morgan fingerprint density at radius 3 is 1.42 bits per heavy atom. The summed E-state index contributed by atoms with van der Waals surface area (Å²) >= 11 is 0. The van der Waals surface area contributed by atoms with Gasteiger partial charge in [0.25, 0.3) is 0 Å². The van der Waals surface area contributed by atoms with E-state index < -0.39 is 0 Å². The van der Waals surface area contributed by atoms with Gasteiger partial charge in [0.15, 0.2) is 0 Å². The zero-order valence-electron chi connectivity index (χ0n) is 16.5. The minimum atomic E-state index is 0.0104. The largest absolute Gasteiger partial charge is 0.384 e. The second-order valence-electron chi connectivity index (χ2n) is 6.46. The minimum absolute atomic E-state index is 0.0104. The lowest BCUT2D eigenvalue weighted by molar-refractivity contribution is 0.350. The van der Waals surface area contributed by atoms with Gasteiger partial charge in [-0.1, -0.05) is 96.8 Å². The molecule has 0 aromatic carbocycles. The van der Waals surface area contributed by atoms with E-state index in [9.17, 15) is 0 Å². The number of hydrogen-bond acceptors (Lipinski definition) is 1. The van der Waals surface area contributed by atoms with Crippen LogP contribution in [0.25, 0.3) is 0 Å². The van der Waals surface area contributed by atoms with E-state index in [4.69, 9.17) is 11.5 Å². The molecule has 1 heteroatoms. The Labute approximate surface area is 153 Å². The molecule has 0 heterocycles. The molecule has 0 unspecified atom stereocenters. The van der Waals surface area contributed by atoms with Gasteiger partial charge in [-0.2, -0.15) is 0 Å². The first-order valence-corrected chi connectivity index (χ1v) is 10.3. The summed E-state index contributed by atoms with van der Waals surface area (Å²) in [6.07, 6.45) is 25.8. The van der Waals surface area contributed by atoms with E-state index in [2.05, 4.69) is 31.6 Å². The van der Waals surface area contributed by atoms with Crippen molar-refractivity contribution >= 4 is 0 Å². The van der Waals surface area contributed by atoms with Crippen LogP contribution in [0.4, 0.5) is 0 Å². The van der Waals surface area contributed by atoms with Crippen LogP contribution in [-0.2, 0) is 0 Å². The van der Waals surface area contributed by atoms with Crippen molar-refractivity contribution in [3.05, 3.63) is 0 Å². The van der Waals surface area contributed by atoms with Gasteiger partial charge in [0.1, 0.15) is 6.61 Å². The van der Waals surface area contributed by atoms with E-state index in [0.717, 1.165) is 12.8 Å². The quantitative estimate of drug-likeness (QED) is 0.271. The summed E-state index contributed by atoms with van der Waals surface area (Å²) in [5, 5.41) is 8.39. The highest BCUT2D eigenvalue weighted by atomic mass is 16.2. The van der Waals surface area contributed by atoms with Gasteiger partial charge in [0, 0.05) is 12.8 Å². The molecule has 1 nitrogen and oxygen atoms in total. The maximum Gasteiger partial charge on any atom is 0.104 e. The minimum Gasteiger partial charge on any atom is -0.384 e. The highest BCUT2D eigenvalue weighted by Gasteiger charge is 1.89. The number of hydrogen-bond donors (Lipinski definition) is 1. The predicted octanol–water partition coefficient (Wildman–Crippen LogP) is 6.88. The Morgan fingerprint density at radius 1 is 0.583 bits per heavy atom. The van der Waals surface area contributed by atoms with Crippen molar-refractivity contribution in [2.75, 3.05) is 6.61 Å². The van der Waals surface area contributed by atoms with Crippen molar-refractivity contribution in [1.82, 2.24) is 0 Å². The molecule has 0 aliphatic rings. The summed E-state index contributed by atoms with van der Waals surface area (Å²) in [6.45, 7) is 4.50. The molecule has 0 radical (unpaired) electrons. The standard InChI is InChI=1S/C12H22O.C11H20/c1-2-3-4-5-6-7-8-9-10-11-12-13;1-3-5-7-9-11-10-8-6-4-2/h13H,2-9,12H2,1H3;1H,4-11H2,2H3. The van der Waals surface area contributed by atoms with Crippen LogP contribution in [0.2, 0.25) is 0 Å². The lowest BCUT2D eigenvalue weighted by Gasteiger charge is -1.97. The van der Waals surface area contributed by atoms with Crippen LogP contribution in [-0.4, -0.2) is 11.7 Å². The van der Waals surface area contributed by atoms with Crippen molar-refractivity contribution in [3.63, 3.8) is 0 Å². The first-order chi connectivity index (χ1) is 11.8. The summed E-state index contributed by atoms with van der Waals surface area (Å²) in [4.78, 5) is 0. The molecule has 140 valence electrons. The van der Waals surface area contributed by atoms with Crippen LogP contribution in [0.15, 0.2) is 0 Å². The highest BCUT2D eigenvalue weighted by Crippen LogP contribution is 2.08. The Balaban J connectivity index is 0. The Hall–Kier alpha value is -0.920. The normalized spacial score (nSPS) is 9.42. The SMILES string of the molecule is C#CCCCCCCCCC.CCCCCCCCCC#CCO. The van der Waals surface area contributed by atoms with E-state index in [1.165, 1.54) is 89.9 Å². The van der Waals surface area contributed by atoms with Gasteiger partial charge in [-0.05, 0) is 12.8 Å². The molecule has 0 aliphatic heterocycles. The van der Waals surface area contributed by atoms with Gasteiger partial charge in [-0.25, -0.2) is 0 Å². The van der Waals surface area contributed by atoms with Gasteiger partial charge >= 0.3 is 0 Å². The Morgan fingerprint density at radius 2 is 1.00 bits per heavy atom. The molecule has 0 fully saturated rings. The van der Waals surface area contributed by atoms with E-state index in [1.54, 1.807) is 0 Å². The molecular formula is C23H42O. The van der Waals surface area contributed by atoms with Crippen molar-refractivity contribution in [3.8, 4) is 24.2 Å². The average molecular weight is 335 g/mol. The maximum absolute atomic E-state index is 8.39. The van der Waals surface area contributed by atoms with Crippen LogP contribution < -0.4 is 0 Å². The maximum atomic E-state index is 8.39. The lowest BCUT2D eigenvalue weighted by Crippen LogP contribution is -1.79. The van der Waals surface area contributed by atoms with E-state index >= 15 is 0 Å². The molecule has 0 aliphatic carbocycles. The monoisotopic (exact) mass is 334 g/mol. The fourth-order valence-corrected chi connectivity index (χ4v) is 2.50. The van der Waals surface area contributed by atoms with E-state index in [-0.39, 0.29) is 6.61 Å². The fourth-order valence-electron chi connectivity index (χ4n) is 2.50. The van der Waals surface area contributed by atoms with Gasteiger partial charge in [-0.15, -0.1) is 18.3 Å². The van der Waals surface area contributed by atoms with Crippen LogP contribution in [0.5, 0.6) is 0 Å². The molecule has 24 heavy (non-hydrogen) atoms. The Kier molecular flexibility index (Phi) is 28.4. The first-order valence-electron chi connectivity index (χ1n) is 10.3. The summed E-state index contributed by atoms with van der Waals surface area (Å²) < 4.78 is 0. The van der Waals surface area contributed by atoms with Crippen molar-refractivity contribution in [2.45, 2.75) is 117 Å². The van der Waals surface area contributed by atoms with Crippen LogP contribution in [0, 0.1) is 24.2 Å². The van der Waals surface area contributed by atoms with Crippen LogP contribution >= 0.6 is 0 Å². The summed E-state index contributed by atoms with van der Waals surface area (Å²) in [7, 11) is 0. The lowest BCUT2D eigenvalue weighted by atomic mass is 10.1. The van der Waals surface area contributed by atoms with Crippen molar-refractivity contribution in [2.24, 2.45) is 0 Å². The highest BCUT2D eigenvalue weighted by molar-refractivity contribution is 4.98. The molecule has 0 amide bonds. The van der Waals surface area contributed by atoms with Gasteiger partial charge < -0.3 is 5.11 Å². The zero-order valence-corrected chi connectivity index (χ0v) is 16.5. The van der Waals surface area contributed by atoms with Gasteiger partial charge in [-0.3, -0.25) is 0 Å². The molecule has 0 saturated heterocycles. The number of aliphatic hydroxyl groups is 1. The van der Waals surface area contributed by atoms with Crippen LogP contribution in [0.1, 0.15) is 117 Å². The van der Waals surface area contributed by atoms with Gasteiger partial charge in [0.05, 0.1) is 0 Å². The Bertz CT molecular complexity index is 302. The first kappa shape index (κ1) is 25.3. The fraction of sp³-hybridized carbons (Fsp3) is 0.826. The topological polar surface area (TPSA) is 20.2 Å². The molecule has 0 rings (SSSR count). The molecule has 0 spiro atoms. The molecule has 0 aromatic rings. The summed E-state index contributed by atoms with van der Waals surface area (Å²) in [6, 6.07) is 0. The zero-order chi connectivity index (χ0) is 18.1. The second kappa shape index (κ2) is 27.0. The van der Waals surface area contributed by atoms with E-state index in [1.807, 2.05) is 0 Å². The molecule has 0 atom stereocenters. The van der Waals surface area contributed by atoms with Crippen LogP contribution in [0.3, 0.4) is 0 Å². The molecule has 1 N–H and O–H groups in total. The van der Waals surface area contributed by atoms with Crippen molar-refractivity contribution in [1.29, 1.82) is 0 Å². The smallest absolute Gasteiger partial charge is 0.104 e. The predicted molar refractivity (Wildman–Crippen MR) is 109 cm³/mol. The third-order valence-electron chi connectivity index (χ3n) is 4.03. The third-order valence-corrected chi connectivity index (χ3v) is 4.03. The second-order valence-corrected chi connectivity index (χ2v) is 6.46. The number of unbranched alkanes of at least 4 members (excludes halogenated alkanes) is 14. The van der Waals surface area contributed by atoms with Gasteiger partial charge in [0.2, 0.25) is 0 Å². The van der Waals surface area contributed by atoms with Crippen molar-refractivity contribution < 1.29 is 5.11 Å². The average Bonchev–Trinajstić information content (AvgIpc) is 2.60. The molecule has 0 saturated carbocycles. The number of rotatable bonds is 14. The number of terminal acetylenes is 1. The molecule has 0 aromatic heterocycles. The molecular weight excluding hydrogens is 292 g/mol. The molecule has 0 bridgehead atoms. The summed E-state index contributed by atoms with van der Waals surface area (Å²) in [5.74, 6) is 8.27. The number of aliphatic hydroxyl groups excluding tert-OH is 1. The van der Waals surface area contributed by atoms with E-state index in [0.29, 0.717) is 0 Å². The summed E-state index contributed by atoms with van der Waals surface area (Å²) in [5.41, 5.74) is 0. The third kappa shape index (κ3) is 29.1.